The van der Waals surface area contributed by atoms with Crippen LogP contribution in [0, 0.1) is 12.8 Å². The van der Waals surface area contributed by atoms with Gasteiger partial charge in [0.2, 0.25) is 0 Å². The maximum Gasteiger partial charge on any atom is 0.109 e. The summed E-state index contributed by atoms with van der Waals surface area (Å²) in [5.74, 6) is 0.763. The summed E-state index contributed by atoms with van der Waals surface area (Å²) in [6.07, 6.45) is 5.59. The van der Waals surface area contributed by atoms with E-state index in [0.29, 0.717) is 12.1 Å². The molecule has 1 aromatic heterocycles. The Morgan fingerprint density at radius 3 is 3.00 bits per heavy atom. The van der Waals surface area contributed by atoms with Crippen LogP contribution in [0.2, 0.25) is 0 Å². The van der Waals surface area contributed by atoms with Crippen LogP contribution in [0.5, 0.6) is 0 Å². The fourth-order valence-corrected chi connectivity index (χ4v) is 3.10. The molecule has 16 heavy (non-hydrogen) atoms. The highest BCUT2D eigenvalue weighted by molar-refractivity contribution is 7.11. The molecule has 1 aliphatic carbocycles. The molecule has 1 saturated carbocycles. The Labute approximate surface area is 101 Å². The highest BCUT2D eigenvalue weighted by Gasteiger charge is 2.22. The molecule has 0 spiro atoms. The minimum atomic E-state index is 0.371. The van der Waals surface area contributed by atoms with Gasteiger partial charge in [0.15, 0.2) is 0 Å². The molecule has 3 nitrogen and oxygen atoms in total. The van der Waals surface area contributed by atoms with E-state index >= 15 is 0 Å². The summed E-state index contributed by atoms with van der Waals surface area (Å²) in [5.41, 5.74) is 5.91. The first-order valence-electron chi connectivity index (χ1n) is 6.06. The number of hydrogen-bond donors (Lipinski definition) is 2. The van der Waals surface area contributed by atoms with Gasteiger partial charge < -0.3 is 11.1 Å². The van der Waals surface area contributed by atoms with Crippen LogP contribution in [0.15, 0.2) is 6.20 Å². The van der Waals surface area contributed by atoms with Gasteiger partial charge in [-0.15, -0.1) is 11.3 Å². The van der Waals surface area contributed by atoms with Crippen molar-refractivity contribution in [2.75, 3.05) is 6.54 Å². The average molecular weight is 239 g/mol. The highest BCUT2D eigenvalue weighted by Crippen LogP contribution is 2.25. The van der Waals surface area contributed by atoms with Gasteiger partial charge in [-0.05, 0) is 45.6 Å². The molecule has 1 aliphatic rings. The fraction of sp³-hybridized carbons (Fsp3) is 0.750. The van der Waals surface area contributed by atoms with E-state index in [-0.39, 0.29) is 0 Å². The molecule has 1 heterocycles. The molecule has 0 aliphatic heterocycles. The molecule has 0 amide bonds. The molecular weight excluding hydrogens is 218 g/mol. The van der Waals surface area contributed by atoms with Gasteiger partial charge in [0, 0.05) is 17.1 Å². The molecule has 1 fully saturated rings. The van der Waals surface area contributed by atoms with Gasteiger partial charge in [-0.1, -0.05) is 0 Å². The third-order valence-electron chi connectivity index (χ3n) is 3.30. The van der Waals surface area contributed by atoms with Crippen LogP contribution >= 0.6 is 11.3 Å². The Bertz CT molecular complexity index is 337. The van der Waals surface area contributed by atoms with Crippen molar-refractivity contribution < 1.29 is 0 Å². The molecule has 3 unspecified atom stereocenters. The molecule has 0 saturated heterocycles. The number of aromatic nitrogens is 1. The molecule has 90 valence electrons. The normalized spacial score (nSPS) is 27.2. The molecule has 3 atom stereocenters. The summed E-state index contributed by atoms with van der Waals surface area (Å²) < 4.78 is 0. The van der Waals surface area contributed by atoms with Crippen molar-refractivity contribution in [3.05, 3.63) is 16.1 Å². The Kier molecular flexibility index (Phi) is 3.95. The number of nitrogens with zero attached hydrogens (tertiary/aromatic N) is 1. The fourth-order valence-electron chi connectivity index (χ4n) is 2.30. The zero-order valence-corrected chi connectivity index (χ0v) is 10.9. The van der Waals surface area contributed by atoms with E-state index in [9.17, 15) is 0 Å². The van der Waals surface area contributed by atoms with Gasteiger partial charge in [0.25, 0.3) is 0 Å². The molecular formula is C12H21N3S. The van der Waals surface area contributed by atoms with E-state index < -0.39 is 0 Å². The molecule has 0 bridgehead atoms. The Morgan fingerprint density at radius 1 is 1.62 bits per heavy atom. The lowest BCUT2D eigenvalue weighted by Crippen LogP contribution is -2.25. The number of thiazole rings is 1. The average Bonchev–Trinajstić information content (AvgIpc) is 2.84. The third-order valence-corrected chi connectivity index (χ3v) is 4.40. The number of hydrogen-bond acceptors (Lipinski definition) is 4. The van der Waals surface area contributed by atoms with E-state index in [1.165, 1.54) is 29.1 Å². The van der Waals surface area contributed by atoms with Crippen LogP contribution in [0.25, 0.3) is 0 Å². The molecule has 4 heteroatoms. The van der Waals surface area contributed by atoms with Crippen LogP contribution < -0.4 is 11.1 Å². The van der Waals surface area contributed by atoms with E-state index in [1.54, 1.807) is 11.3 Å². The van der Waals surface area contributed by atoms with E-state index in [2.05, 4.69) is 24.1 Å². The molecule has 3 N–H and O–H groups in total. The summed E-state index contributed by atoms with van der Waals surface area (Å²) in [6, 6.07) is 0.805. The van der Waals surface area contributed by atoms with Gasteiger partial charge in [-0.25, -0.2) is 4.98 Å². The SMILES string of the molecule is Cc1cnc(C(C)NCC2CCC(N)C2)s1. The maximum absolute atomic E-state index is 5.91. The van der Waals surface area contributed by atoms with Crippen molar-refractivity contribution in [2.24, 2.45) is 11.7 Å². The minimum Gasteiger partial charge on any atom is -0.328 e. The van der Waals surface area contributed by atoms with E-state index in [0.717, 1.165) is 12.5 Å². The zero-order chi connectivity index (χ0) is 11.5. The van der Waals surface area contributed by atoms with Gasteiger partial charge in [0.05, 0.1) is 6.04 Å². The lowest BCUT2D eigenvalue weighted by molar-refractivity contribution is 0.447. The van der Waals surface area contributed by atoms with Crippen LogP contribution in [-0.4, -0.2) is 17.6 Å². The Hall–Kier alpha value is -0.450. The first-order chi connectivity index (χ1) is 7.65. The first-order valence-corrected chi connectivity index (χ1v) is 6.88. The largest absolute Gasteiger partial charge is 0.328 e. The number of aryl methyl sites for hydroxylation is 1. The molecule has 1 aromatic rings. The lowest BCUT2D eigenvalue weighted by atomic mass is 10.1. The van der Waals surface area contributed by atoms with Crippen LogP contribution in [0.3, 0.4) is 0 Å². The van der Waals surface area contributed by atoms with Crippen LogP contribution in [-0.2, 0) is 0 Å². The van der Waals surface area contributed by atoms with Gasteiger partial charge in [-0.2, -0.15) is 0 Å². The Balaban J connectivity index is 1.77. The summed E-state index contributed by atoms with van der Waals surface area (Å²) in [4.78, 5) is 5.69. The van der Waals surface area contributed by atoms with Gasteiger partial charge in [0.1, 0.15) is 5.01 Å². The van der Waals surface area contributed by atoms with Crippen molar-refractivity contribution in [1.82, 2.24) is 10.3 Å². The maximum atomic E-state index is 5.91. The topological polar surface area (TPSA) is 50.9 Å². The quantitative estimate of drug-likeness (QED) is 0.847. The highest BCUT2D eigenvalue weighted by atomic mass is 32.1. The molecule has 0 radical (unpaired) electrons. The van der Waals surface area contributed by atoms with Gasteiger partial charge >= 0.3 is 0 Å². The predicted octanol–water partition coefficient (Wildman–Crippen LogP) is 2.23. The first kappa shape index (κ1) is 12.0. The summed E-state index contributed by atoms with van der Waals surface area (Å²) >= 11 is 1.78. The number of nitrogens with two attached hydrogens (primary N) is 1. The zero-order valence-electron chi connectivity index (χ0n) is 10.1. The monoisotopic (exact) mass is 239 g/mol. The standard InChI is InChI=1S/C12H21N3S/c1-8-6-15-12(16-8)9(2)14-7-10-3-4-11(13)5-10/h6,9-11,14H,3-5,7,13H2,1-2H3. The van der Waals surface area contributed by atoms with Crippen molar-refractivity contribution in [2.45, 2.75) is 45.2 Å². The summed E-state index contributed by atoms with van der Waals surface area (Å²) in [5, 5.41) is 4.76. The van der Waals surface area contributed by atoms with Crippen LogP contribution in [0.1, 0.15) is 42.1 Å². The Morgan fingerprint density at radius 2 is 2.44 bits per heavy atom. The second-order valence-corrected chi connectivity index (χ2v) is 6.14. The minimum absolute atomic E-state index is 0.371. The van der Waals surface area contributed by atoms with Crippen molar-refractivity contribution >= 4 is 11.3 Å². The molecule has 0 aromatic carbocycles. The molecule has 2 rings (SSSR count). The van der Waals surface area contributed by atoms with E-state index in [1.807, 2.05) is 6.20 Å². The second kappa shape index (κ2) is 5.25. The predicted molar refractivity (Wildman–Crippen MR) is 68.6 cm³/mol. The second-order valence-electron chi connectivity index (χ2n) is 4.88. The lowest BCUT2D eigenvalue weighted by Gasteiger charge is -2.15. The summed E-state index contributed by atoms with van der Waals surface area (Å²) in [6.45, 7) is 5.37. The van der Waals surface area contributed by atoms with Crippen LogP contribution in [0.4, 0.5) is 0 Å². The van der Waals surface area contributed by atoms with Crippen molar-refractivity contribution in [1.29, 1.82) is 0 Å². The number of nitrogens with one attached hydrogen (secondary N) is 1. The number of rotatable bonds is 4. The van der Waals surface area contributed by atoms with Gasteiger partial charge in [-0.3, -0.25) is 0 Å². The van der Waals surface area contributed by atoms with E-state index in [4.69, 9.17) is 5.73 Å². The smallest absolute Gasteiger partial charge is 0.109 e. The van der Waals surface area contributed by atoms with Crippen molar-refractivity contribution in [3.63, 3.8) is 0 Å². The third kappa shape index (κ3) is 3.03. The van der Waals surface area contributed by atoms with Crippen molar-refractivity contribution in [3.8, 4) is 0 Å². The summed E-state index contributed by atoms with van der Waals surface area (Å²) in [7, 11) is 0.